The monoisotopic (exact) mass is 284 g/mol. The number of carbonyl (C=O) groups is 2. The van der Waals surface area contributed by atoms with Crippen LogP contribution in [0.15, 0.2) is 6.20 Å². The molecule has 112 valence electrons. The number of hydrogen-bond donors (Lipinski definition) is 3. The summed E-state index contributed by atoms with van der Waals surface area (Å²) in [5.74, 6) is -0.593. The van der Waals surface area contributed by atoms with Crippen LogP contribution in [0.25, 0.3) is 0 Å². The lowest BCUT2D eigenvalue weighted by Gasteiger charge is -2.13. The molecule has 9 nitrogen and oxygen atoms in total. The van der Waals surface area contributed by atoms with Crippen LogP contribution in [0.1, 0.15) is 12.6 Å². The Morgan fingerprint density at radius 3 is 2.90 bits per heavy atom. The lowest BCUT2D eigenvalue weighted by Crippen LogP contribution is -2.46. The second kappa shape index (κ2) is 8.23. The number of ether oxygens (including phenoxy) is 1. The maximum absolute atomic E-state index is 11.7. The average Bonchev–Trinajstić information content (AvgIpc) is 2.86. The fourth-order valence-electron chi connectivity index (χ4n) is 1.44. The molecule has 0 aromatic carbocycles. The summed E-state index contributed by atoms with van der Waals surface area (Å²) in [6.07, 6.45) is 1.59. The highest BCUT2D eigenvalue weighted by Gasteiger charge is 2.15. The Hall–Kier alpha value is -2.00. The number of aromatic nitrogens is 3. The maximum atomic E-state index is 11.7. The van der Waals surface area contributed by atoms with Gasteiger partial charge in [0.05, 0.1) is 18.5 Å². The van der Waals surface area contributed by atoms with E-state index in [0.717, 1.165) is 0 Å². The zero-order valence-electron chi connectivity index (χ0n) is 11.6. The van der Waals surface area contributed by atoms with Crippen LogP contribution >= 0.6 is 0 Å². The van der Waals surface area contributed by atoms with Crippen LogP contribution < -0.4 is 16.4 Å². The molecular formula is C11H20N6O3. The Morgan fingerprint density at radius 1 is 1.55 bits per heavy atom. The molecule has 0 spiro atoms. The highest BCUT2D eigenvalue weighted by atomic mass is 16.5. The van der Waals surface area contributed by atoms with Gasteiger partial charge in [0.2, 0.25) is 11.8 Å². The smallest absolute Gasteiger partial charge is 0.242 e. The normalized spacial score (nSPS) is 11.9. The van der Waals surface area contributed by atoms with Crippen LogP contribution in [0.4, 0.5) is 0 Å². The van der Waals surface area contributed by atoms with Gasteiger partial charge in [-0.25, -0.2) is 4.68 Å². The molecule has 0 saturated carbocycles. The molecule has 4 N–H and O–H groups in total. The summed E-state index contributed by atoms with van der Waals surface area (Å²) >= 11 is 0. The van der Waals surface area contributed by atoms with Crippen LogP contribution in [0, 0.1) is 0 Å². The average molecular weight is 284 g/mol. The standard InChI is InChI=1S/C11H20N6O3/c1-8(11(19)13-3-4-20-2)14-10(18)7-17-6-9(5-12)15-16-17/h6,8H,3-5,7,12H2,1-2H3,(H,13,19)(H,14,18). The molecule has 0 saturated heterocycles. The fourth-order valence-corrected chi connectivity index (χ4v) is 1.44. The van der Waals surface area contributed by atoms with Crippen molar-refractivity contribution in [2.24, 2.45) is 5.73 Å². The van der Waals surface area contributed by atoms with Crippen molar-refractivity contribution >= 4 is 11.8 Å². The largest absolute Gasteiger partial charge is 0.383 e. The minimum Gasteiger partial charge on any atom is -0.383 e. The van der Waals surface area contributed by atoms with Gasteiger partial charge in [-0.15, -0.1) is 5.10 Å². The van der Waals surface area contributed by atoms with Crippen LogP contribution in [0.3, 0.4) is 0 Å². The van der Waals surface area contributed by atoms with Crippen molar-refractivity contribution in [3.05, 3.63) is 11.9 Å². The molecule has 0 aliphatic carbocycles. The number of rotatable bonds is 8. The fraction of sp³-hybridized carbons (Fsp3) is 0.636. The predicted octanol–water partition coefficient (Wildman–Crippen LogP) is -2.00. The van der Waals surface area contributed by atoms with Crippen molar-refractivity contribution in [3.63, 3.8) is 0 Å². The van der Waals surface area contributed by atoms with E-state index in [9.17, 15) is 9.59 Å². The number of nitrogens with two attached hydrogens (primary N) is 1. The first-order chi connectivity index (χ1) is 9.56. The minimum atomic E-state index is -0.628. The molecule has 0 fully saturated rings. The summed E-state index contributed by atoms with van der Waals surface area (Å²) in [5, 5.41) is 12.7. The molecule has 9 heteroatoms. The number of carbonyl (C=O) groups excluding carboxylic acids is 2. The van der Waals surface area contributed by atoms with Crippen LogP contribution in [0.5, 0.6) is 0 Å². The topological polar surface area (TPSA) is 124 Å². The van der Waals surface area contributed by atoms with Gasteiger partial charge in [-0.05, 0) is 6.92 Å². The molecule has 0 aliphatic rings. The third-order valence-electron chi connectivity index (χ3n) is 2.48. The number of hydrogen-bond acceptors (Lipinski definition) is 6. The van der Waals surface area contributed by atoms with Crippen molar-refractivity contribution in [3.8, 4) is 0 Å². The second-order valence-electron chi connectivity index (χ2n) is 4.18. The van der Waals surface area contributed by atoms with Crippen molar-refractivity contribution in [1.29, 1.82) is 0 Å². The van der Waals surface area contributed by atoms with Crippen LogP contribution in [-0.4, -0.2) is 53.1 Å². The van der Waals surface area contributed by atoms with E-state index in [1.807, 2.05) is 0 Å². The zero-order valence-corrected chi connectivity index (χ0v) is 11.6. The lowest BCUT2D eigenvalue weighted by atomic mass is 10.3. The highest BCUT2D eigenvalue weighted by molar-refractivity contribution is 5.87. The van der Waals surface area contributed by atoms with E-state index in [4.69, 9.17) is 10.5 Å². The molecule has 1 atom stereocenters. The van der Waals surface area contributed by atoms with Crippen LogP contribution in [0.2, 0.25) is 0 Å². The molecule has 2 amide bonds. The van der Waals surface area contributed by atoms with Crippen molar-refractivity contribution < 1.29 is 14.3 Å². The summed E-state index contributed by atoms with van der Waals surface area (Å²) in [7, 11) is 1.55. The van der Waals surface area contributed by atoms with Crippen LogP contribution in [-0.2, 0) is 27.4 Å². The van der Waals surface area contributed by atoms with Gasteiger partial charge >= 0.3 is 0 Å². The lowest BCUT2D eigenvalue weighted by molar-refractivity contribution is -0.129. The molecule has 1 aromatic rings. The van der Waals surface area contributed by atoms with E-state index >= 15 is 0 Å². The number of amides is 2. The first kappa shape index (κ1) is 16.1. The van der Waals surface area contributed by atoms with E-state index in [1.54, 1.807) is 20.2 Å². The van der Waals surface area contributed by atoms with Crippen molar-refractivity contribution in [2.45, 2.75) is 26.1 Å². The van der Waals surface area contributed by atoms with Gasteiger partial charge in [-0.3, -0.25) is 9.59 Å². The Bertz CT molecular complexity index is 447. The Morgan fingerprint density at radius 2 is 2.30 bits per heavy atom. The van der Waals surface area contributed by atoms with Gasteiger partial charge in [0.15, 0.2) is 0 Å². The number of nitrogens with one attached hydrogen (secondary N) is 2. The molecule has 0 bridgehead atoms. The second-order valence-corrected chi connectivity index (χ2v) is 4.18. The molecule has 1 aromatic heterocycles. The molecule has 1 rings (SSSR count). The minimum absolute atomic E-state index is 0.0112. The van der Waals surface area contributed by atoms with Gasteiger partial charge in [-0.2, -0.15) is 0 Å². The van der Waals surface area contributed by atoms with E-state index in [2.05, 4.69) is 20.9 Å². The molecular weight excluding hydrogens is 264 g/mol. The van der Waals surface area contributed by atoms with Gasteiger partial charge in [0.25, 0.3) is 0 Å². The van der Waals surface area contributed by atoms with Crippen molar-refractivity contribution in [1.82, 2.24) is 25.6 Å². The van der Waals surface area contributed by atoms with Gasteiger partial charge in [0.1, 0.15) is 12.6 Å². The summed E-state index contributed by atoms with van der Waals surface area (Å²) in [6, 6.07) is -0.628. The molecule has 20 heavy (non-hydrogen) atoms. The molecule has 0 radical (unpaired) electrons. The van der Waals surface area contributed by atoms with E-state index in [-0.39, 0.29) is 24.9 Å². The van der Waals surface area contributed by atoms with Gasteiger partial charge < -0.3 is 21.1 Å². The number of methoxy groups -OCH3 is 1. The Balaban J connectivity index is 2.35. The van der Waals surface area contributed by atoms with Gasteiger partial charge in [0, 0.05) is 20.2 Å². The van der Waals surface area contributed by atoms with E-state index in [1.165, 1.54) is 4.68 Å². The Kier molecular flexibility index (Phi) is 6.60. The van der Waals surface area contributed by atoms with E-state index < -0.39 is 6.04 Å². The highest BCUT2D eigenvalue weighted by Crippen LogP contribution is 1.91. The number of nitrogens with zero attached hydrogens (tertiary/aromatic N) is 3. The maximum Gasteiger partial charge on any atom is 0.242 e. The quantitative estimate of drug-likeness (QED) is 0.474. The first-order valence-corrected chi connectivity index (χ1v) is 6.22. The molecule has 0 aliphatic heterocycles. The molecule has 1 heterocycles. The Labute approximate surface area is 116 Å². The molecule has 1 unspecified atom stereocenters. The third kappa shape index (κ3) is 5.33. The van der Waals surface area contributed by atoms with E-state index in [0.29, 0.717) is 18.8 Å². The summed E-state index contributed by atoms with van der Waals surface area (Å²) in [6.45, 7) is 2.68. The summed E-state index contributed by atoms with van der Waals surface area (Å²) in [4.78, 5) is 23.3. The summed E-state index contributed by atoms with van der Waals surface area (Å²) in [5.41, 5.74) is 5.99. The predicted molar refractivity (Wildman–Crippen MR) is 70.4 cm³/mol. The first-order valence-electron chi connectivity index (χ1n) is 6.22. The van der Waals surface area contributed by atoms with Gasteiger partial charge in [-0.1, -0.05) is 5.21 Å². The zero-order chi connectivity index (χ0) is 15.0. The SMILES string of the molecule is COCCNC(=O)C(C)NC(=O)Cn1cc(CN)nn1. The third-order valence-corrected chi connectivity index (χ3v) is 2.48. The van der Waals surface area contributed by atoms with Crippen molar-refractivity contribution in [2.75, 3.05) is 20.3 Å². The summed E-state index contributed by atoms with van der Waals surface area (Å²) < 4.78 is 6.18.